The van der Waals surface area contributed by atoms with Crippen molar-refractivity contribution in [3.05, 3.63) is 40.6 Å². The van der Waals surface area contributed by atoms with E-state index in [-0.39, 0.29) is 12.0 Å². The Hall–Kier alpha value is -2.00. The number of benzene rings is 1. The number of hydrogen-bond donors (Lipinski definition) is 0. The maximum Gasteiger partial charge on any atom is 0.204 e. The van der Waals surface area contributed by atoms with Gasteiger partial charge in [0.2, 0.25) is 5.89 Å². The largest absolute Gasteiger partial charge is 0.440 e. The molecule has 88 valence electrons. The fraction of sp³-hybridized carbons (Fsp3) is 0.417. The van der Waals surface area contributed by atoms with Crippen LogP contribution in [-0.4, -0.2) is 4.98 Å². The molecular weight excluding hydrogens is 216 g/mol. The van der Waals surface area contributed by atoms with Crippen LogP contribution in [0, 0.1) is 5.92 Å². The maximum absolute atomic E-state index is 8.61. The van der Waals surface area contributed by atoms with E-state index < -0.39 is 0 Å². The van der Waals surface area contributed by atoms with Crippen LogP contribution >= 0.6 is 0 Å². The van der Waals surface area contributed by atoms with Gasteiger partial charge < -0.3 is 4.42 Å². The number of aromatic nitrogens is 1. The van der Waals surface area contributed by atoms with Crippen LogP contribution in [0.4, 0.5) is 0 Å². The number of oxazole rings is 1. The lowest BCUT2D eigenvalue weighted by Crippen LogP contribution is -2.06. The molecule has 0 saturated heterocycles. The zero-order valence-electron chi connectivity index (χ0n) is 9.87. The molecule has 0 spiro atoms. The fourth-order valence-corrected chi connectivity index (χ4v) is 1.70. The molecule has 2 rings (SSSR count). The normalized spacial score (nSPS) is 14.2. The molecule has 0 aliphatic heterocycles. The van der Waals surface area contributed by atoms with Gasteiger partial charge in [-0.1, -0.05) is 37.5 Å². The van der Waals surface area contributed by atoms with E-state index in [2.05, 4.69) is 15.0 Å². The SMILES string of the molecule is CCC(C)C(N=[N+]=[N-])c1nc2ccccc2o1. The summed E-state index contributed by atoms with van der Waals surface area (Å²) >= 11 is 0. The van der Waals surface area contributed by atoms with Gasteiger partial charge in [-0.25, -0.2) is 4.98 Å². The third kappa shape index (κ3) is 2.24. The molecule has 0 N–H and O–H groups in total. The van der Waals surface area contributed by atoms with Crippen molar-refractivity contribution in [1.82, 2.24) is 4.98 Å². The summed E-state index contributed by atoms with van der Waals surface area (Å²) in [7, 11) is 0. The van der Waals surface area contributed by atoms with E-state index in [9.17, 15) is 0 Å². The monoisotopic (exact) mass is 230 g/mol. The van der Waals surface area contributed by atoms with Gasteiger partial charge in [-0.2, -0.15) is 0 Å². The van der Waals surface area contributed by atoms with Crippen LogP contribution < -0.4 is 0 Å². The summed E-state index contributed by atoms with van der Waals surface area (Å²) in [6.45, 7) is 4.07. The number of fused-ring (bicyclic) bond motifs is 1. The molecule has 0 amide bonds. The Labute approximate surface area is 99.1 Å². The molecule has 5 heteroatoms. The lowest BCUT2D eigenvalue weighted by Gasteiger charge is -2.13. The molecule has 5 nitrogen and oxygen atoms in total. The molecule has 1 aromatic heterocycles. The van der Waals surface area contributed by atoms with E-state index in [0.717, 1.165) is 17.5 Å². The molecule has 0 aliphatic carbocycles. The quantitative estimate of drug-likeness (QED) is 0.448. The third-order valence-electron chi connectivity index (χ3n) is 2.92. The first-order valence-corrected chi connectivity index (χ1v) is 5.66. The van der Waals surface area contributed by atoms with E-state index >= 15 is 0 Å². The van der Waals surface area contributed by atoms with Crippen LogP contribution in [0.25, 0.3) is 21.5 Å². The molecule has 0 fully saturated rings. The van der Waals surface area contributed by atoms with Crippen LogP contribution in [0.1, 0.15) is 32.2 Å². The second-order valence-corrected chi connectivity index (χ2v) is 4.06. The molecule has 2 atom stereocenters. The average Bonchev–Trinajstić information content (AvgIpc) is 2.78. The molecule has 1 heterocycles. The van der Waals surface area contributed by atoms with E-state index in [1.165, 1.54) is 0 Å². The number of hydrogen-bond acceptors (Lipinski definition) is 3. The number of rotatable bonds is 4. The van der Waals surface area contributed by atoms with Crippen molar-refractivity contribution in [2.24, 2.45) is 11.0 Å². The average molecular weight is 230 g/mol. The first-order valence-electron chi connectivity index (χ1n) is 5.66. The van der Waals surface area contributed by atoms with E-state index in [1.807, 2.05) is 38.1 Å². The second-order valence-electron chi connectivity index (χ2n) is 4.06. The Bertz CT molecular complexity index is 523. The first-order chi connectivity index (χ1) is 8.26. The van der Waals surface area contributed by atoms with Crippen LogP contribution in [-0.2, 0) is 0 Å². The minimum absolute atomic E-state index is 0.207. The summed E-state index contributed by atoms with van der Waals surface area (Å²) in [6, 6.07) is 7.20. The molecule has 0 radical (unpaired) electrons. The summed E-state index contributed by atoms with van der Waals surface area (Å²) in [5.41, 5.74) is 10.1. The Kier molecular flexibility index (Phi) is 3.30. The van der Waals surface area contributed by atoms with Gasteiger partial charge in [0.25, 0.3) is 0 Å². The van der Waals surface area contributed by atoms with E-state index in [1.54, 1.807) is 0 Å². The molecule has 2 unspecified atom stereocenters. The van der Waals surface area contributed by atoms with Crippen LogP contribution in [0.15, 0.2) is 33.8 Å². The van der Waals surface area contributed by atoms with Gasteiger partial charge in [0.1, 0.15) is 11.6 Å². The van der Waals surface area contributed by atoms with Crippen LogP contribution in [0.2, 0.25) is 0 Å². The van der Waals surface area contributed by atoms with Crippen molar-refractivity contribution >= 4 is 11.1 Å². The highest BCUT2D eigenvalue weighted by atomic mass is 16.3. The molecule has 2 aromatic rings. The molecule has 17 heavy (non-hydrogen) atoms. The van der Waals surface area contributed by atoms with Crippen LogP contribution in [0.5, 0.6) is 0 Å². The van der Waals surface area contributed by atoms with Gasteiger partial charge in [-0.3, -0.25) is 0 Å². The lowest BCUT2D eigenvalue weighted by molar-refractivity contribution is 0.374. The lowest BCUT2D eigenvalue weighted by atomic mass is 10.0. The Morgan fingerprint density at radius 2 is 2.24 bits per heavy atom. The van der Waals surface area contributed by atoms with Crippen molar-refractivity contribution in [2.75, 3.05) is 0 Å². The molecule has 0 saturated carbocycles. The number of para-hydroxylation sites is 2. The van der Waals surface area contributed by atoms with E-state index in [0.29, 0.717) is 5.89 Å². The minimum atomic E-state index is -0.336. The van der Waals surface area contributed by atoms with Crippen LogP contribution in [0.3, 0.4) is 0 Å². The van der Waals surface area contributed by atoms with Crippen molar-refractivity contribution in [1.29, 1.82) is 0 Å². The number of azide groups is 1. The van der Waals surface area contributed by atoms with Gasteiger partial charge in [0.05, 0.1) is 0 Å². The molecule has 0 bridgehead atoms. The highest BCUT2D eigenvalue weighted by molar-refractivity contribution is 5.72. The summed E-state index contributed by atoms with van der Waals surface area (Å²) in [6.07, 6.45) is 0.905. The minimum Gasteiger partial charge on any atom is -0.440 e. The van der Waals surface area contributed by atoms with E-state index in [4.69, 9.17) is 9.95 Å². The van der Waals surface area contributed by atoms with Crippen molar-refractivity contribution in [3.8, 4) is 0 Å². The number of nitrogens with zero attached hydrogens (tertiary/aromatic N) is 4. The van der Waals surface area contributed by atoms with Crippen molar-refractivity contribution in [2.45, 2.75) is 26.3 Å². The Morgan fingerprint density at radius 3 is 2.88 bits per heavy atom. The highest BCUT2D eigenvalue weighted by Gasteiger charge is 2.22. The predicted molar refractivity (Wildman–Crippen MR) is 65.4 cm³/mol. The fourth-order valence-electron chi connectivity index (χ4n) is 1.70. The predicted octanol–water partition coefficient (Wildman–Crippen LogP) is 4.23. The van der Waals surface area contributed by atoms with Gasteiger partial charge in [-0.15, -0.1) is 0 Å². The standard InChI is InChI=1S/C12H14N4O/c1-3-8(2)11(15-16-13)12-14-9-6-4-5-7-10(9)17-12/h4-8,11H,3H2,1-2H3. The van der Waals surface area contributed by atoms with Gasteiger partial charge in [-0.05, 0) is 23.6 Å². The smallest absolute Gasteiger partial charge is 0.204 e. The third-order valence-corrected chi connectivity index (χ3v) is 2.92. The summed E-state index contributed by atoms with van der Waals surface area (Å²) in [5.74, 6) is 0.706. The maximum atomic E-state index is 8.61. The molecule has 0 aliphatic rings. The molecule has 1 aromatic carbocycles. The molecular formula is C12H14N4O. The zero-order valence-corrected chi connectivity index (χ0v) is 9.87. The summed E-state index contributed by atoms with van der Waals surface area (Å²) < 4.78 is 5.63. The van der Waals surface area contributed by atoms with Gasteiger partial charge in [0, 0.05) is 4.91 Å². The highest BCUT2D eigenvalue weighted by Crippen LogP contribution is 2.30. The van der Waals surface area contributed by atoms with Gasteiger partial charge >= 0.3 is 0 Å². The second kappa shape index (κ2) is 4.89. The Balaban J connectivity index is 2.45. The van der Waals surface area contributed by atoms with Crippen molar-refractivity contribution < 1.29 is 4.42 Å². The first kappa shape index (κ1) is 11.5. The van der Waals surface area contributed by atoms with Gasteiger partial charge in [0.15, 0.2) is 5.58 Å². The zero-order chi connectivity index (χ0) is 12.3. The summed E-state index contributed by atoms with van der Waals surface area (Å²) in [5, 5.41) is 3.78. The summed E-state index contributed by atoms with van der Waals surface area (Å²) in [4.78, 5) is 7.25. The topological polar surface area (TPSA) is 74.8 Å². The van der Waals surface area contributed by atoms with Crippen molar-refractivity contribution in [3.63, 3.8) is 0 Å². The Morgan fingerprint density at radius 1 is 1.47 bits per heavy atom.